The minimum Gasteiger partial charge on any atom is -0.341 e. The third-order valence-corrected chi connectivity index (χ3v) is 6.50. The van der Waals surface area contributed by atoms with Crippen LogP contribution in [0.15, 0.2) is 48.5 Å². The van der Waals surface area contributed by atoms with Gasteiger partial charge in [0.05, 0.1) is 17.4 Å². The van der Waals surface area contributed by atoms with Crippen LogP contribution in [0.5, 0.6) is 0 Å². The molecule has 4 N–H and O–H groups in total. The molecule has 0 saturated carbocycles. The van der Waals surface area contributed by atoms with E-state index in [2.05, 4.69) is 10.6 Å². The number of nitrogens with two attached hydrogens (primary N) is 1. The fourth-order valence-electron chi connectivity index (χ4n) is 3.96. The number of primary sulfonamides is 1. The number of rotatable bonds is 5. The number of amides is 2. The van der Waals surface area contributed by atoms with Crippen molar-refractivity contribution in [1.29, 1.82) is 0 Å². The largest absolute Gasteiger partial charge is 0.416 e. The molecular formula is C23H15ClF5N3O4S. The lowest BCUT2D eigenvalue weighted by Crippen LogP contribution is -2.21. The van der Waals surface area contributed by atoms with Gasteiger partial charge in [0.2, 0.25) is 10.0 Å². The summed E-state index contributed by atoms with van der Waals surface area (Å²) in [4.78, 5) is 25.7. The number of hydrogen-bond donors (Lipinski definition) is 3. The zero-order valence-electron chi connectivity index (χ0n) is 18.3. The van der Waals surface area contributed by atoms with Crippen LogP contribution in [-0.2, 0) is 22.0 Å². The Morgan fingerprint density at radius 1 is 1.05 bits per heavy atom. The molecule has 3 aromatic rings. The normalized spacial score (nSPS) is 15.3. The highest BCUT2D eigenvalue weighted by molar-refractivity contribution is 7.88. The van der Waals surface area contributed by atoms with E-state index in [1.54, 1.807) is 0 Å². The van der Waals surface area contributed by atoms with Crippen molar-refractivity contribution < 1.29 is 40.0 Å². The molecule has 0 aliphatic carbocycles. The van der Waals surface area contributed by atoms with E-state index in [9.17, 15) is 40.0 Å². The SMILES string of the molecule is NS(=O)(=O)Cc1cc(NC(=O)c2cc(F)cc(C(F)(F)F)c2)c2c(c1)C(=O)NC2c1cc(F)ccc1Cl. The van der Waals surface area contributed by atoms with Crippen molar-refractivity contribution in [2.24, 2.45) is 5.14 Å². The molecule has 0 fully saturated rings. The molecule has 3 aromatic carbocycles. The van der Waals surface area contributed by atoms with Gasteiger partial charge in [-0.1, -0.05) is 11.6 Å². The molecule has 0 bridgehead atoms. The van der Waals surface area contributed by atoms with Crippen molar-refractivity contribution in [2.75, 3.05) is 5.32 Å². The number of hydrogen-bond acceptors (Lipinski definition) is 4. The molecule has 7 nitrogen and oxygen atoms in total. The number of benzene rings is 3. The number of anilines is 1. The Labute approximate surface area is 211 Å². The van der Waals surface area contributed by atoms with E-state index in [4.69, 9.17) is 16.7 Å². The zero-order valence-corrected chi connectivity index (χ0v) is 19.9. The van der Waals surface area contributed by atoms with Gasteiger partial charge in [-0.2, -0.15) is 13.2 Å². The Bertz CT molecular complexity index is 1560. The van der Waals surface area contributed by atoms with E-state index >= 15 is 0 Å². The number of fused-ring (bicyclic) bond motifs is 1. The molecule has 1 unspecified atom stereocenters. The maximum Gasteiger partial charge on any atom is 0.416 e. The molecule has 194 valence electrons. The summed E-state index contributed by atoms with van der Waals surface area (Å²) >= 11 is 6.19. The van der Waals surface area contributed by atoms with Gasteiger partial charge in [-0.3, -0.25) is 9.59 Å². The molecule has 14 heteroatoms. The van der Waals surface area contributed by atoms with Crippen LogP contribution in [0.4, 0.5) is 27.6 Å². The van der Waals surface area contributed by atoms with Crippen molar-refractivity contribution >= 4 is 39.1 Å². The third kappa shape index (κ3) is 5.73. The topological polar surface area (TPSA) is 118 Å². The molecular weight excluding hydrogens is 545 g/mol. The van der Waals surface area contributed by atoms with Crippen LogP contribution in [0, 0.1) is 11.6 Å². The summed E-state index contributed by atoms with van der Waals surface area (Å²) in [7, 11) is -4.10. The molecule has 37 heavy (non-hydrogen) atoms. The van der Waals surface area contributed by atoms with Gasteiger partial charge in [-0.15, -0.1) is 0 Å². The number of alkyl halides is 3. The maximum atomic E-state index is 14.0. The third-order valence-electron chi connectivity index (χ3n) is 5.42. The molecule has 1 atom stereocenters. The van der Waals surface area contributed by atoms with Gasteiger partial charge in [-0.05, 0) is 54.1 Å². The molecule has 1 aliphatic rings. The maximum absolute atomic E-state index is 14.0. The first-order chi connectivity index (χ1) is 17.1. The summed E-state index contributed by atoms with van der Waals surface area (Å²) in [5.74, 6) is -4.69. The van der Waals surface area contributed by atoms with Gasteiger partial charge >= 0.3 is 6.18 Å². The van der Waals surface area contributed by atoms with Gasteiger partial charge in [-0.25, -0.2) is 22.3 Å². The second kappa shape index (κ2) is 9.39. The van der Waals surface area contributed by atoms with E-state index in [-0.39, 0.29) is 39.0 Å². The Hall–Kier alpha value is -3.55. The Balaban J connectivity index is 1.86. The van der Waals surface area contributed by atoms with E-state index < -0.39 is 62.6 Å². The molecule has 0 radical (unpaired) electrons. The summed E-state index contributed by atoms with van der Waals surface area (Å²) in [5.41, 5.74) is -2.33. The van der Waals surface area contributed by atoms with Crippen LogP contribution in [0.1, 0.15) is 49.0 Å². The lowest BCUT2D eigenvalue weighted by atomic mass is 9.94. The highest BCUT2D eigenvalue weighted by Gasteiger charge is 2.36. The number of sulfonamides is 1. The fraction of sp³-hybridized carbons (Fsp3) is 0.130. The van der Waals surface area contributed by atoms with Crippen molar-refractivity contribution in [3.05, 3.63) is 98.6 Å². The van der Waals surface area contributed by atoms with Crippen molar-refractivity contribution in [2.45, 2.75) is 18.0 Å². The quantitative estimate of drug-likeness (QED) is 0.399. The standard InChI is InChI=1S/C23H15ClF5N3O4S/c24-17-2-1-13(25)8-15(17)20-19-16(22(34)32-20)3-10(9-37(30,35)36)4-18(19)31-21(33)11-5-12(23(27,28)29)7-14(26)6-11/h1-8,20H,9H2,(H,31,33)(H,32,34)(H2,30,35,36). The molecule has 2 amide bonds. The van der Waals surface area contributed by atoms with Gasteiger partial charge in [0.25, 0.3) is 11.8 Å². The predicted octanol–water partition coefficient (Wildman–Crippen LogP) is 4.51. The average Bonchev–Trinajstić information content (AvgIpc) is 3.09. The summed E-state index contributed by atoms with van der Waals surface area (Å²) < 4.78 is 90.5. The number of halogens is 6. The Kier molecular flexibility index (Phi) is 6.73. The summed E-state index contributed by atoms with van der Waals surface area (Å²) in [6, 6.07) is 5.77. The van der Waals surface area contributed by atoms with Crippen LogP contribution in [0.3, 0.4) is 0 Å². The van der Waals surface area contributed by atoms with Crippen LogP contribution >= 0.6 is 11.6 Å². The lowest BCUT2D eigenvalue weighted by Gasteiger charge is -2.19. The molecule has 0 saturated heterocycles. The Morgan fingerprint density at radius 3 is 2.41 bits per heavy atom. The number of carbonyl (C=O) groups excluding carboxylic acids is 2. The summed E-state index contributed by atoms with van der Waals surface area (Å²) in [5, 5.41) is 10.0. The first kappa shape index (κ1) is 26.5. The predicted molar refractivity (Wildman–Crippen MR) is 123 cm³/mol. The monoisotopic (exact) mass is 559 g/mol. The minimum absolute atomic E-state index is 0.0343. The summed E-state index contributed by atoms with van der Waals surface area (Å²) in [6.45, 7) is 0. The van der Waals surface area contributed by atoms with Gasteiger partial charge in [0.1, 0.15) is 11.6 Å². The van der Waals surface area contributed by atoms with Crippen LogP contribution in [0.25, 0.3) is 0 Å². The Morgan fingerprint density at radius 2 is 1.76 bits per heavy atom. The number of nitrogens with one attached hydrogen (secondary N) is 2. The zero-order chi connectivity index (χ0) is 27.3. The molecule has 4 rings (SSSR count). The van der Waals surface area contributed by atoms with Crippen LogP contribution in [-0.4, -0.2) is 20.2 Å². The van der Waals surface area contributed by atoms with Crippen LogP contribution < -0.4 is 15.8 Å². The first-order valence-corrected chi connectivity index (χ1v) is 12.3. The molecule has 1 heterocycles. The van der Waals surface area contributed by atoms with Crippen molar-refractivity contribution in [1.82, 2.24) is 5.32 Å². The second-order valence-corrected chi connectivity index (χ2v) is 10.2. The first-order valence-electron chi connectivity index (χ1n) is 10.2. The molecule has 1 aliphatic heterocycles. The van der Waals surface area contributed by atoms with Crippen molar-refractivity contribution in [3.8, 4) is 0 Å². The highest BCUT2D eigenvalue weighted by atomic mass is 35.5. The summed E-state index contributed by atoms with van der Waals surface area (Å²) in [6.07, 6.45) is -4.94. The minimum atomic E-state index is -4.94. The average molecular weight is 560 g/mol. The van der Waals surface area contributed by atoms with E-state index in [0.717, 1.165) is 18.2 Å². The van der Waals surface area contributed by atoms with Gasteiger partial charge in [0, 0.05) is 33.0 Å². The number of carbonyl (C=O) groups is 2. The van der Waals surface area contributed by atoms with Gasteiger partial charge < -0.3 is 10.6 Å². The fourth-order valence-corrected chi connectivity index (χ4v) is 4.82. The van der Waals surface area contributed by atoms with Gasteiger partial charge in [0.15, 0.2) is 0 Å². The second-order valence-electron chi connectivity index (χ2n) is 8.16. The van der Waals surface area contributed by atoms with Crippen LogP contribution in [0.2, 0.25) is 5.02 Å². The highest BCUT2D eigenvalue weighted by Crippen LogP contribution is 2.40. The van der Waals surface area contributed by atoms with E-state index in [1.807, 2.05) is 0 Å². The molecule has 0 aromatic heterocycles. The van der Waals surface area contributed by atoms with E-state index in [0.29, 0.717) is 12.1 Å². The van der Waals surface area contributed by atoms with E-state index in [1.165, 1.54) is 12.1 Å². The smallest absolute Gasteiger partial charge is 0.341 e. The lowest BCUT2D eigenvalue weighted by molar-refractivity contribution is -0.137. The van der Waals surface area contributed by atoms with Crippen molar-refractivity contribution in [3.63, 3.8) is 0 Å². The molecule has 0 spiro atoms.